The number of rotatable bonds is 7. The molecule has 1 aliphatic rings. The zero-order chi connectivity index (χ0) is 22.5. The van der Waals surface area contributed by atoms with Crippen LogP contribution in [-0.4, -0.2) is 28.6 Å². The van der Waals surface area contributed by atoms with E-state index in [1.165, 1.54) is 11.8 Å². The number of carbonyl (C=O) groups is 1. The maximum absolute atomic E-state index is 13.3. The summed E-state index contributed by atoms with van der Waals surface area (Å²) in [5.41, 5.74) is 1.85. The molecule has 0 aliphatic carbocycles. The number of hydrogen-bond donors (Lipinski definition) is 0. The first kappa shape index (κ1) is 22.2. The van der Waals surface area contributed by atoms with Gasteiger partial charge in [0, 0.05) is 11.4 Å². The topological polar surface area (TPSA) is 41.9 Å². The van der Waals surface area contributed by atoms with Crippen molar-refractivity contribution in [3.63, 3.8) is 0 Å². The summed E-state index contributed by atoms with van der Waals surface area (Å²) in [6.45, 7) is 6.89. The smallest absolute Gasteiger partial charge is 0.266 e. The van der Waals surface area contributed by atoms with Gasteiger partial charge in [-0.05, 0) is 67.3 Å². The molecule has 5 heteroatoms. The molecule has 3 aromatic rings. The molecule has 1 heterocycles. The summed E-state index contributed by atoms with van der Waals surface area (Å²) in [6, 6.07) is 22.0. The Labute approximate surface area is 194 Å². The van der Waals surface area contributed by atoms with E-state index in [1.807, 2.05) is 74.5 Å². The van der Waals surface area contributed by atoms with Crippen LogP contribution in [0.25, 0.3) is 16.8 Å². The maximum Gasteiger partial charge on any atom is 0.266 e. The van der Waals surface area contributed by atoms with E-state index in [9.17, 15) is 4.79 Å². The number of amidine groups is 1. The second-order valence-electron chi connectivity index (χ2n) is 8.01. The minimum absolute atomic E-state index is 0.00738. The van der Waals surface area contributed by atoms with Gasteiger partial charge in [-0.2, -0.15) is 0 Å². The summed E-state index contributed by atoms with van der Waals surface area (Å²) in [5.74, 6) is 0.878. The monoisotopic (exact) mass is 444 g/mol. The fourth-order valence-corrected chi connectivity index (χ4v) is 4.76. The van der Waals surface area contributed by atoms with Crippen LogP contribution in [0.3, 0.4) is 0 Å². The van der Waals surface area contributed by atoms with Crippen LogP contribution < -0.4 is 4.74 Å². The second kappa shape index (κ2) is 10.0. The summed E-state index contributed by atoms with van der Waals surface area (Å²) in [6.07, 6.45) is 4.11. The molecular weight excluding hydrogens is 416 g/mol. The molecule has 3 aromatic carbocycles. The Hall–Kier alpha value is -3.05. The van der Waals surface area contributed by atoms with Gasteiger partial charge in [-0.25, -0.2) is 4.99 Å². The highest BCUT2D eigenvalue weighted by atomic mass is 32.2. The number of aliphatic imine (C=N–C) groups is 1. The number of carbonyl (C=O) groups excluding carboxylic acids is 1. The number of thioether (sulfide) groups is 1. The minimum atomic E-state index is -0.00738. The van der Waals surface area contributed by atoms with Crippen LogP contribution in [0, 0.1) is 0 Å². The van der Waals surface area contributed by atoms with E-state index in [-0.39, 0.29) is 11.9 Å². The van der Waals surface area contributed by atoms with Crippen LogP contribution in [0.15, 0.2) is 76.6 Å². The molecule has 0 radical (unpaired) electrons. The van der Waals surface area contributed by atoms with Crippen molar-refractivity contribution in [3.05, 3.63) is 77.2 Å². The maximum atomic E-state index is 13.3. The van der Waals surface area contributed by atoms with Crippen LogP contribution in [0.5, 0.6) is 5.75 Å². The first-order chi connectivity index (χ1) is 15.6. The minimum Gasteiger partial charge on any atom is -0.493 e. The van der Waals surface area contributed by atoms with Crippen molar-refractivity contribution in [2.75, 3.05) is 6.61 Å². The lowest BCUT2D eigenvalue weighted by molar-refractivity contribution is -0.123. The van der Waals surface area contributed by atoms with Gasteiger partial charge < -0.3 is 4.74 Å². The molecule has 164 valence electrons. The van der Waals surface area contributed by atoms with E-state index in [0.717, 1.165) is 40.6 Å². The first-order valence-electron chi connectivity index (χ1n) is 11.1. The van der Waals surface area contributed by atoms with Crippen molar-refractivity contribution in [3.8, 4) is 5.75 Å². The van der Waals surface area contributed by atoms with E-state index in [4.69, 9.17) is 9.73 Å². The Morgan fingerprint density at radius 2 is 1.72 bits per heavy atom. The normalized spacial score (nSPS) is 16.6. The lowest BCUT2D eigenvalue weighted by Gasteiger charge is -2.19. The predicted molar refractivity (Wildman–Crippen MR) is 135 cm³/mol. The largest absolute Gasteiger partial charge is 0.493 e. The Balaban J connectivity index is 1.71. The van der Waals surface area contributed by atoms with Gasteiger partial charge in [-0.15, -0.1) is 0 Å². The Morgan fingerprint density at radius 3 is 2.44 bits per heavy atom. The van der Waals surface area contributed by atoms with E-state index < -0.39 is 0 Å². The molecular formula is C27H28N2O2S. The summed E-state index contributed by atoms with van der Waals surface area (Å²) >= 11 is 1.43. The van der Waals surface area contributed by atoms with E-state index in [1.54, 1.807) is 4.90 Å². The lowest BCUT2D eigenvalue weighted by atomic mass is 10.0. The summed E-state index contributed by atoms with van der Waals surface area (Å²) in [5, 5.41) is 2.85. The van der Waals surface area contributed by atoms with E-state index in [2.05, 4.69) is 19.1 Å². The Bertz CT molecular complexity index is 1170. The number of unbranched alkanes of at least 4 members (excludes halogenated alkanes) is 1. The fraction of sp³-hybridized carbons (Fsp3) is 0.259. The average molecular weight is 445 g/mol. The molecule has 0 spiro atoms. The van der Waals surface area contributed by atoms with E-state index >= 15 is 0 Å². The number of para-hydroxylation sites is 1. The number of fused-ring (bicyclic) bond motifs is 1. The SMILES string of the molecule is CCCCOc1ccc(/C=C2/SC(=Nc3ccccc3)N(C(C)C)C2=O)c2ccccc12. The van der Waals surface area contributed by atoms with E-state index in [0.29, 0.717) is 16.7 Å². The van der Waals surface area contributed by atoms with Crippen LogP contribution in [-0.2, 0) is 4.79 Å². The molecule has 1 fully saturated rings. The number of ether oxygens (including phenoxy) is 1. The van der Waals surface area contributed by atoms with Gasteiger partial charge in [-0.3, -0.25) is 9.69 Å². The standard InChI is InChI=1S/C27H28N2O2S/c1-4-5-17-31-24-16-15-20(22-13-9-10-14-23(22)24)18-25-26(30)29(19(2)3)27(32-25)28-21-11-7-6-8-12-21/h6-16,18-19H,4-5,17H2,1-3H3/b25-18+,28-27?. The number of nitrogens with zero attached hydrogens (tertiary/aromatic N) is 2. The zero-order valence-corrected chi connectivity index (χ0v) is 19.6. The fourth-order valence-electron chi connectivity index (χ4n) is 3.65. The number of hydrogen-bond acceptors (Lipinski definition) is 4. The van der Waals surface area contributed by atoms with Crippen LogP contribution >= 0.6 is 11.8 Å². The molecule has 0 aromatic heterocycles. The first-order valence-corrected chi connectivity index (χ1v) is 11.9. The van der Waals surface area contributed by atoms with Crippen LogP contribution in [0.1, 0.15) is 39.2 Å². The van der Waals surface area contributed by atoms with Crippen molar-refractivity contribution in [2.45, 2.75) is 39.7 Å². The lowest BCUT2D eigenvalue weighted by Crippen LogP contribution is -2.35. The summed E-state index contributed by atoms with van der Waals surface area (Å²) in [4.78, 5) is 20.5. The van der Waals surface area contributed by atoms with Gasteiger partial charge in [0.1, 0.15) is 5.75 Å². The summed E-state index contributed by atoms with van der Waals surface area (Å²) in [7, 11) is 0. The van der Waals surface area contributed by atoms with Crippen molar-refractivity contribution < 1.29 is 9.53 Å². The van der Waals surface area contributed by atoms with Crippen molar-refractivity contribution in [2.24, 2.45) is 4.99 Å². The molecule has 32 heavy (non-hydrogen) atoms. The quantitative estimate of drug-likeness (QED) is 0.290. The Morgan fingerprint density at radius 1 is 1.00 bits per heavy atom. The molecule has 0 N–H and O–H groups in total. The third-order valence-corrected chi connectivity index (χ3v) is 6.28. The number of benzene rings is 3. The third-order valence-electron chi connectivity index (χ3n) is 5.29. The second-order valence-corrected chi connectivity index (χ2v) is 9.02. The van der Waals surface area contributed by atoms with Gasteiger partial charge in [-0.1, -0.05) is 61.9 Å². The van der Waals surface area contributed by atoms with Crippen LogP contribution in [0.4, 0.5) is 5.69 Å². The number of amides is 1. The van der Waals surface area contributed by atoms with Crippen LogP contribution in [0.2, 0.25) is 0 Å². The van der Waals surface area contributed by atoms with Gasteiger partial charge in [0.05, 0.1) is 17.2 Å². The molecule has 4 rings (SSSR count). The molecule has 1 saturated heterocycles. The van der Waals surface area contributed by atoms with Crippen molar-refractivity contribution in [1.82, 2.24) is 4.90 Å². The summed E-state index contributed by atoms with van der Waals surface area (Å²) < 4.78 is 6.02. The highest BCUT2D eigenvalue weighted by molar-refractivity contribution is 8.18. The van der Waals surface area contributed by atoms with Gasteiger partial charge in [0.2, 0.25) is 0 Å². The Kier molecular flexibility index (Phi) is 6.96. The van der Waals surface area contributed by atoms with Crippen molar-refractivity contribution in [1.29, 1.82) is 0 Å². The molecule has 4 nitrogen and oxygen atoms in total. The molecule has 1 amide bonds. The average Bonchev–Trinajstić information content (AvgIpc) is 3.10. The van der Waals surface area contributed by atoms with Gasteiger partial charge in [0.25, 0.3) is 5.91 Å². The molecule has 0 atom stereocenters. The predicted octanol–water partition coefficient (Wildman–Crippen LogP) is 7.03. The third kappa shape index (κ3) is 4.73. The molecule has 1 aliphatic heterocycles. The molecule has 0 saturated carbocycles. The molecule has 0 unspecified atom stereocenters. The van der Waals surface area contributed by atoms with Gasteiger partial charge in [0.15, 0.2) is 5.17 Å². The zero-order valence-electron chi connectivity index (χ0n) is 18.7. The highest BCUT2D eigenvalue weighted by Gasteiger charge is 2.35. The highest BCUT2D eigenvalue weighted by Crippen LogP contribution is 2.37. The van der Waals surface area contributed by atoms with Crippen molar-refractivity contribution >= 4 is 45.4 Å². The molecule has 0 bridgehead atoms. The van der Waals surface area contributed by atoms with Gasteiger partial charge >= 0.3 is 0 Å².